The van der Waals surface area contributed by atoms with Crippen LogP contribution in [0.2, 0.25) is 0 Å². The molecule has 1 aromatic heterocycles. The zero-order valence-electron chi connectivity index (χ0n) is 10.8. The highest BCUT2D eigenvalue weighted by atomic mass is 32.2. The Morgan fingerprint density at radius 3 is 3.15 bits per heavy atom. The van der Waals surface area contributed by atoms with Gasteiger partial charge in [0.05, 0.1) is 0 Å². The molecular weight excluding hydrogens is 272 g/mol. The first-order chi connectivity index (χ1) is 9.81. The monoisotopic (exact) mass is 286 g/mol. The van der Waals surface area contributed by atoms with E-state index in [1.54, 1.807) is 6.20 Å². The van der Waals surface area contributed by atoms with E-state index in [0.717, 1.165) is 23.4 Å². The topological polar surface area (TPSA) is 66.9 Å². The van der Waals surface area contributed by atoms with Crippen LogP contribution in [0, 0.1) is 0 Å². The molecule has 1 aliphatic heterocycles. The molecule has 0 unspecified atom stereocenters. The molecule has 2 aromatic rings. The van der Waals surface area contributed by atoms with E-state index in [4.69, 9.17) is 0 Å². The van der Waals surface area contributed by atoms with E-state index in [0.29, 0.717) is 18.1 Å². The first-order valence-electron chi connectivity index (χ1n) is 6.44. The number of nitrogens with one attached hydrogen (secondary N) is 2. The summed E-state index contributed by atoms with van der Waals surface area (Å²) in [6.07, 6.45) is 3.43. The molecule has 0 saturated carbocycles. The van der Waals surface area contributed by atoms with Gasteiger partial charge in [0.1, 0.15) is 0 Å². The summed E-state index contributed by atoms with van der Waals surface area (Å²) in [5, 5.41) is 2.93. The molecule has 102 valence electrons. The fraction of sp³-hybridized carbons (Fsp3) is 0.214. The smallest absolute Gasteiger partial charge is 0.251 e. The molecule has 0 fully saturated rings. The Balaban J connectivity index is 1.89. The van der Waals surface area contributed by atoms with Gasteiger partial charge in [-0.05, 0) is 49.1 Å². The van der Waals surface area contributed by atoms with Crippen molar-refractivity contribution in [3.63, 3.8) is 0 Å². The number of carbonyl (C=O) groups is 1. The number of rotatable bonds is 0. The molecule has 0 saturated heterocycles. The molecule has 5 nitrogen and oxygen atoms in total. The maximum atomic E-state index is 12.0. The van der Waals surface area contributed by atoms with E-state index < -0.39 is 0 Å². The zero-order chi connectivity index (χ0) is 13.8. The van der Waals surface area contributed by atoms with Gasteiger partial charge < -0.3 is 5.32 Å². The van der Waals surface area contributed by atoms with Crippen LogP contribution in [-0.2, 0) is 6.42 Å². The van der Waals surface area contributed by atoms with Crippen LogP contribution in [0.15, 0.2) is 41.4 Å². The number of fused-ring (bicyclic) bond motifs is 4. The minimum atomic E-state index is -0.0375. The van der Waals surface area contributed by atoms with Crippen molar-refractivity contribution in [2.75, 3.05) is 11.3 Å². The number of hydrogen-bond donors (Lipinski definition) is 2. The van der Waals surface area contributed by atoms with Crippen LogP contribution in [0.4, 0.5) is 5.95 Å². The maximum Gasteiger partial charge on any atom is 0.251 e. The number of anilines is 1. The van der Waals surface area contributed by atoms with Crippen molar-refractivity contribution in [3.8, 4) is 0 Å². The molecule has 1 aromatic carbocycles. The van der Waals surface area contributed by atoms with Crippen LogP contribution in [0.1, 0.15) is 22.5 Å². The lowest BCUT2D eigenvalue weighted by Gasteiger charge is -2.06. The number of aromatic nitrogens is 2. The number of aryl methyl sites for hydroxylation is 1. The molecule has 0 aliphatic carbocycles. The molecule has 20 heavy (non-hydrogen) atoms. The fourth-order valence-corrected chi connectivity index (χ4v) is 2.60. The second kappa shape index (κ2) is 5.92. The number of hydrogen-bond acceptors (Lipinski definition) is 5. The molecule has 0 radical (unpaired) electrons. The van der Waals surface area contributed by atoms with Crippen LogP contribution < -0.4 is 10.0 Å². The van der Waals surface area contributed by atoms with Gasteiger partial charge in [0.25, 0.3) is 5.91 Å². The first-order valence-corrected chi connectivity index (χ1v) is 7.26. The summed E-state index contributed by atoms with van der Waals surface area (Å²) in [6.45, 7) is 0.642. The van der Waals surface area contributed by atoms with Crippen molar-refractivity contribution in [3.05, 3.63) is 47.8 Å². The molecule has 0 spiro atoms. The largest absolute Gasteiger partial charge is 0.352 e. The molecule has 0 atom stereocenters. The van der Waals surface area contributed by atoms with Crippen LogP contribution in [-0.4, -0.2) is 22.4 Å². The normalized spacial score (nSPS) is 15.1. The lowest BCUT2D eigenvalue weighted by Crippen LogP contribution is -2.24. The van der Waals surface area contributed by atoms with Crippen molar-refractivity contribution < 1.29 is 4.79 Å². The molecule has 2 N–H and O–H groups in total. The molecule has 1 aliphatic rings. The summed E-state index contributed by atoms with van der Waals surface area (Å²) in [6, 6.07) is 9.38. The van der Waals surface area contributed by atoms with Crippen molar-refractivity contribution in [1.29, 1.82) is 0 Å². The van der Waals surface area contributed by atoms with Gasteiger partial charge in [-0.15, -0.1) is 0 Å². The first kappa shape index (κ1) is 12.9. The number of nitrogens with zero attached hydrogens (tertiary/aromatic N) is 2. The summed E-state index contributed by atoms with van der Waals surface area (Å²) in [7, 11) is 0. The van der Waals surface area contributed by atoms with Crippen LogP contribution in [0.25, 0.3) is 0 Å². The summed E-state index contributed by atoms with van der Waals surface area (Å²) < 4.78 is 3.11. The summed E-state index contributed by atoms with van der Waals surface area (Å²) in [4.78, 5) is 21.6. The Hall–Kier alpha value is -2.08. The second-order valence-electron chi connectivity index (χ2n) is 4.46. The molecule has 6 heteroatoms. The highest BCUT2D eigenvalue weighted by Crippen LogP contribution is 2.20. The Morgan fingerprint density at radius 2 is 2.20 bits per heavy atom. The third-order valence-electron chi connectivity index (χ3n) is 2.96. The Labute approximate surface area is 121 Å². The second-order valence-corrected chi connectivity index (χ2v) is 5.34. The van der Waals surface area contributed by atoms with Gasteiger partial charge in [-0.2, -0.15) is 0 Å². The van der Waals surface area contributed by atoms with E-state index in [2.05, 4.69) is 20.0 Å². The summed E-state index contributed by atoms with van der Waals surface area (Å²) in [5.74, 6) is 0.556. The van der Waals surface area contributed by atoms with Crippen molar-refractivity contribution in [2.45, 2.75) is 17.7 Å². The van der Waals surface area contributed by atoms with Gasteiger partial charge in [0.2, 0.25) is 5.95 Å². The quantitative estimate of drug-likeness (QED) is 0.727. The van der Waals surface area contributed by atoms with Crippen LogP contribution in [0.3, 0.4) is 0 Å². The highest BCUT2D eigenvalue weighted by Gasteiger charge is 2.08. The molecule has 2 heterocycles. The summed E-state index contributed by atoms with van der Waals surface area (Å²) in [5.41, 5.74) is 1.65. The number of benzene rings is 1. The Bertz CT molecular complexity index is 632. The minimum Gasteiger partial charge on any atom is -0.352 e. The predicted molar refractivity (Wildman–Crippen MR) is 78.6 cm³/mol. The number of carbonyl (C=O) groups excluding carboxylic acids is 1. The lowest BCUT2D eigenvalue weighted by atomic mass is 10.2. The molecule has 4 bridgehead atoms. The Morgan fingerprint density at radius 1 is 1.25 bits per heavy atom. The van der Waals surface area contributed by atoms with Crippen molar-refractivity contribution in [2.24, 2.45) is 0 Å². The van der Waals surface area contributed by atoms with E-state index >= 15 is 0 Å². The molecular formula is C14H14N4OS. The van der Waals surface area contributed by atoms with Gasteiger partial charge >= 0.3 is 0 Å². The lowest BCUT2D eigenvalue weighted by molar-refractivity contribution is 0.0953. The van der Waals surface area contributed by atoms with Crippen molar-refractivity contribution in [1.82, 2.24) is 15.3 Å². The van der Waals surface area contributed by atoms with Crippen LogP contribution in [0.5, 0.6) is 0 Å². The number of amides is 1. The van der Waals surface area contributed by atoms with Crippen LogP contribution >= 0.6 is 11.9 Å². The van der Waals surface area contributed by atoms with E-state index in [9.17, 15) is 4.79 Å². The van der Waals surface area contributed by atoms with Gasteiger partial charge in [-0.25, -0.2) is 9.97 Å². The van der Waals surface area contributed by atoms with E-state index in [1.807, 2.05) is 30.3 Å². The summed E-state index contributed by atoms with van der Waals surface area (Å²) >= 11 is 1.40. The minimum absolute atomic E-state index is 0.0375. The SMILES string of the molecule is O=C1NCCCc2ccnc(n2)NSc2cccc1c2. The predicted octanol–water partition coefficient (Wildman–Crippen LogP) is 2.27. The maximum absolute atomic E-state index is 12.0. The van der Waals surface area contributed by atoms with E-state index in [-0.39, 0.29) is 5.91 Å². The fourth-order valence-electron chi connectivity index (χ4n) is 1.96. The Kier molecular flexibility index (Phi) is 3.83. The standard InChI is InChI=1S/C14H14N4OS/c19-13-10-3-1-5-12(9-10)20-18-14-16-8-6-11(17-14)4-2-7-15-13/h1,3,5-6,8-9H,2,4,7H2,(H,15,19)(H,16,17,18). The van der Waals surface area contributed by atoms with Crippen molar-refractivity contribution >= 4 is 23.8 Å². The molecule has 1 amide bonds. The third-order valence-corrected chi connectivity index (χ3v) is 3.74. The van der Waals surface area contributed by atoms with Gasteiger partial charge in [-0.1, -0.05) is 6.07 Å². The van der Waals surface area contributed by atoms with Gasteiger partial charge in [0.15, 0.2) is 0 Å². The van der Waals surface area contributed by atoms with Gasteiger partial charge in [-0.3, -0.25) is 9.52 Å². The molecule has 3 rings (SSSR count). The van der Waals surface area contributed by atoms with Gasteiger partial charge in [0, 0.05) is 28.9 Å². The van der Waals surface area contributed by atoms with E-state index in [1.165, 1.54) is 11.9 Å². The average molecular weight is 286 g/mol. The third kappa shape index (κ3) is 3.08. The highest BCUT2D eigenvalue weighted by molar-refractivity contribution is 8.00. The zero-order valence-corrected chi connectivity index (χ0v) is 11.6. The average Bonchev–Trinajstić information content (AvgIpc) is 2.50.